The van der Waals surface area contributed by atoms with Crippen LogP contribution in [0.5, 0.6) is 5.75 Å². The van der Waals surface area contributed by atoms with Crippen molar-refractivity contribution in [3.8, 4) is 17.0 Å². The van der Waals surface area contributed by atoms with Crippen LogP contribution >= 0.6 is 11.3 Å². The minimum Gasteiger partial charge on any atom is -0.434 e. The molecule has 0 spiro atoms. The molecule has 0 saturated carbocycles. The lowest BCUT2D eigenvalue weighted by molar-refractivity contribution is -0.118. The molecule has 1 aromatic heterocycles. The molecule has 0 radical (unpaired) electrons. The van der Waals surface area contributed by atoms with Crippen LogP contribution in [0.2, 0.25) is 0 Å². The fraction of sp³-hybridized carbons (Fsp3) is 0.286. The summed E-state index contributed by atoms with van der Waals surface area (Å²) in [6.07, 6.45) is 0. The van der Waals surface area contributed by atoms with Crippen LogP contribution in [0.4, 0.5) is 13.9 Å². The Morgan fingerprint density at radius 3 is 2.87 bits per heavy atom. The van der Waals surface area contributed by atoms with Gasteiger partial charge in [0, 0.05) is 18.1 Å². The van der Waals surface area contributed by atoms with Crippen LogP contribution < -0.4 is 15.8 Å². The molecule has 6 nitrogen and oxygen atoms in total. The van der Waals surface area contributed by atoms with E-state index >= 15 is 0 Å². The molecule has 23 heavy (non-hydrogen) atoms. The molecular formula is C14H15F2N3O3S. The molecule has 1 aromatic carbocycles. The number of hydrogen-bond donors (Lipinski definition) is 2. The van der Waals surface area contributed by atoms with Crippen molar-refractivity contribution in [3.05, 3.63) is 29.6 Å². The number of anilines is 1. The first-order chi connectivity index (χ1) is 11.0. The number of nitrogens with two attached hydrogens (primary N) is 1. The number of amides is 1. The van der Waals surface area contributed by atoms with Gasteiger partial charge in [-0.25, -0.2) is 4.98 Å². The fourth-order valence-electron chi connectivity index (χ4n) is 1.79. The van der Waals surface area contributed by atoms with Crippen molar-refractivity contribution in [3.63, 3.8) is 0 Å². The number of nitrogens with zero attached hydrogens (tertiary/aromatic N) is 1. The number of nitrogens with one attached hydrogen (secondary N) is 1. The zero-order chi connectivity index (χ0) is 16.8. The van der Waals surface area contributed by atoms with Gasteiger partial charge >= 0.3 is 6.61 Å². The maximum absolute atomic E-state index is 12.4. The number of ether oxygens (including phenoxy) is 2. The van der Waals surface area contributed by atoms with Gasteiger partial charge in [-0.2, -0.15) is 8.78 Å². The molecule has 0 aliphatic heterocycles. The van der Waals surface area contributed by atoms with Gasteiger partial charge in [-0.1, -0.05) is 12.1 Å². The summed E-state index contributed by atoms with van der Waals surface area (Å²) in [5, 5.41) is 4.49. The van der Waals surface area contributed by atoms with E-state index in [2.05, 4.69) is 15.0 Å². The molecule has 1 heterocycles. The van der Waals surface area contributed by atoms with E-state index in [9.17, 15) is 13.6 Å². The second-order valence-corrected chi connectivity index (χ2v) is 5.32. The highest BCUT2D eigenvalue weighted by Gasteiger charge is 2.17. The average Bonchev–Trinajstić information content (AvgIpc) is 2.95. The van der Waals surface area contributed by atoms with E-state index in [1.165, 1.54) is 13.2 Å². The Morgan fingerprint density at radius 2 is 2.17 bits per heavy atom. The van der Waals surface area contributed by atoms with Gasteiger partial charge in [0.15, 0.2) is 5.13 Å². The average molecular weight is 343 g/mol. The van der Waals surface area contributed by atoms with Crippen LogP contribution in [0.15, 0.2) is 29.6 Å². The van der Waals surface area contributed by atoms with E-state index in [1.807, 2.05) is 0 Å². The number of aromatic nitrogens is 1. The van der Waals surface area contributed by atoms with Gasteiger partial charge in [-0.15, -0.1) is 11.3 Å². The summed E-state index contributed by atoms with van der Waals surface area (Å²) in [4.78, 5) is 16.0. The number of halogens is 2. The topological polar surface area (TPSA) is 86.5 Å². The Labute approximate surface area is 135 Å². The number of para-hydroxylation sites is 1. The summed E-state index contributed by atoms with van der Waals surface area (Å²) in [5.41, 5.74) is 6.44. The van der Waals surface area contributed by atoms with Crippen molar-refractivity contribution in [2.45, 2.75) is 12.7 Å². The van der Waals surface area contributed by atoms with E-state index in [0.29, 0.717) is 16.4 Å². The summed E-state index contributed by atoms with van der Waals surface area (Å²) < 4.78 is 34.1. The van der Waals surface area contributed by atoms with Crippen molar-refractivity contribution in [2.24, 2.45) is 5.73 Å². The van der Waals surface area contributed by atoms with E-state index in [-0.39, 0.29) is 12.4 Å². The van der Waals surface area contributed by atoms with Gasteiger partial charge < -0.3 is 20.5 Å². The predicted octanol–water partition coefficient (Wildman–Crippen LogP) is 2.32. The first-order valence-corrected chi connectivity index (χ1v) is 7.44. The third kappa shape index (κ3) is 4.68. The third-order valence-electron chi connectivity index (χ3n) is 2.80. The largest absolute Gasteiger partial charge is 0.434 e. The van der Waals surface area contributed by atoms with Gasteiger partial charge in [0.1, 0.15) is 11.8 Å². The first-order valence-electron chi connectivity index (χ1n) is 6.56. The SMILES string of the molecule is COCC(N)C(=O)Nc1nc(-c2ccccc2OC(F)F)cs1. The predicted molar refractivity (Wildman–Crippen MR) is 82.7 cm³/mol. The lowest BCUT2D eigenvalue weighted by Crippen LogP contribution is -2.39. The van der Waals surface area contributed by atoms with Crippen LogP contribution in [0, 0.1) is 0 Å². The second kappa shape index (κ2) is 7.95. The summed E-state index contributed by atoms with van der Waals surface area (Å²) in [5.74, 6) is -0.424. The summed E-state index contributed by atoms with van der Waals surface area (Å²) in [6.45, 7) is -2.85. The van der Waals surface area contributed by atoms with Gasteiger partial charge in [0.25, 0.3) is 0 Å². The Balaban J connectivity index is 2.15. The number of benzene rings is 1. The lowest BCUT2D eigenvalue weighted by atomic mass is 10.1. The van der Waals surface area contributed by atoms with Gasteiger partial charge in [0.05, 0.1) is 12.3 Å². The molecule has 0 fully saturated rings. The number of hydrogen-bond acceptors (Lipinski definition) is 6. The Hall–Kier alpha value is -2.10. The molecule has 0 saturated heterocycles. The molecule has 9 heteroatoms. The monoisotopic (exact) mass is 343 g/mol. The molecule has 124 valence electrons. The van der Waals surface area contributed by atoms with Gasteiger partial charge in [0.2, 0.25) is 5.91 Å². The highest BCUT2D eigenvalue weighted by Crippen LogP contribution is 2.32. The summed E-state index contributed by atoms with van der Waals surface area (Å²) in [6, 6.07) is 5.48. The van der Waals surface area contributed by atoms with Crippen LogP contribution in [0.25, 0.3) is 11.3 Å². The van der Waals surface area contributed by atoms with Crippen molar-refractivity contribution >= 4 is 22.4 Å². The number of rotatable bonds is 7. The zero-order valence-corrected chi connectivity index (χ0v) is 13.0. The fourth-order valence-corrected chi connectivity index (χ4v) is 2.50. The van der Waals surface area contributed by atoms with E-state index in [4.69, 9.17) is 10.5 Å². The third-order valence-corrected chi connectivity index (χ3v) is 3.55. The van der Waals surface area contributed by atoms with Crippen molar-refractivity contribution in [1.82, 2.24) is 4.98 Å². The van der Waals surface area contributed by atoms with Crippen LogP contribution in [-0.2, 0) is 9.53 Å². The molecule has 2 rings (SSSR count). The van der Waals surface area contributed by atoms with Crippen LogP contribution in [0.3, 0.4) is 0 Å². The zero-order valence-electron chi connectivity index (χ0n) is 12.2. The summed E-state index contributed by atoms with van der Waals surface area (Å²) in [7, 11) is 1.44. The molecule has 0 aliphatic rings. The minimum atomic E-state index is -2.93. The number of carbonyl (C=O) groups is 1. The van der Waals surface area contributed by atoms with Crippen molar-refractivity contribution in [2.75, 3.05) is 19.0 Å². The Bertz CT molecular complexity index is 666. The molecule has 1 unspecified atom stereocenters. The summed E-state index contributed by atoms with van der Waals surface area (Å²) >= 11 is 1.15. The normalized spacial score (nSPS) is 12.2. The quantitative estimate of drug-likeness (QED) is 0.806. The number of thiazole rings is 1. The molecule has 0 bridgehead atoms. The maximum Gasteiger partial charge on any atom is 0.387 e. The molecule has 0 aliphatic carbocycles. The van der Waals surface area contributed by atoms with Gasteiger partial charge in [-0.3, -0.25) is 4.79 Å². The molecule has 3 N–H and O–H groups in total. The highest BCUT2D eigenvalue weighted by atomic mass is 32.1. The standard InChI is InChI=1S/C14H15F2N3O3S/c1-21-6-9(17)12(20)19-14-18-10(7-23-14)8-4-2-3-5-11(8)22-13(15)16/h2-5,7,9,13H,6,17H2,1H3,(H,18,19,20). The van der Waals surface area contributed by atoms with E-state index in [0.717, 1.165) is 11.3 Å². The van der Waals surface area contributed by atoms with E-state index in [1.54, 1.807) is 23.6 Å². The Kier molecular flexibility index (Phi) is 5.97. The smallest absolute Gasteiger partial charge is 0.387 e. The minimum absolute atomic E-state index is 0.0155. The van der Waals surface area contributed by atoms with Crippen LogP contribution in [0.1, 0.15) is 0 Å². The highest BCUT2D eigenvalue weighted by molar-refractivity contribution is 7.14. The lowest BCUT2D eigenvalue weighted by Gasteiger charge is -2.09. The number of carbonyl (C=O) groups excluding carboxylic acids is 1. The molecule has 1 amide bonds. The van der Waals surface area contributed by atoms with Gasteiger partial charge in [-0.05, 0) is 12.1 Å². The Morgan fingerprint density at radius 1 is 1.43 bits per heavy atom. The van der Waals surface area contributed by atoms with Crippen molar-refractivity contribution in [1.29, 1.82) is 0 Å². The number of alkyl halides is 2. The second-order valence-electron chi connectivity index (χ2n) is 4.46. The first kappa shape index (κ1) is 17.3. The molecular weight excluding hydrogens is 328 g/mol. The molecule has 2 aromatic rings. The number of methoxy groups -OCH3 is 1. The molecule has 1 atom stereocenters. The maximum atomic E-state index is 12.4. The van der Waals surface area contributed by atoms with Crippen LogP contribution in [-0.4, -0.2) is 37.3 Å². The van der Waals surface area contributed by atoms with E-state index < -0.39 is 18.6 Å². The van der Waals surface area contributed by atoms with Crippen molar-refractivity contribution < 1.29 is 23.0 Å².